The minimum absolute atomic E-state index is 0.115. The Balaban J connectivity index is 0. The van der Waals surface area contributed by atoms with Gasteiger partial charge in [-0.3, -0.25) is 0 Å². The summed E-state index contributed by atoms with van der Waals surface area (Å²) in [6, 6.07) is 0. The van der Waals surface area contributed by atoms with E-state index in [9.17, 15) is 4.79 Å². The first-order valence-electron chi connectivity index (χ1n) is 4.14. The molecular weight excluding hydrogens is 172 g/mol. The number of aliphatic hydroxyl groups excluding tert-OH is 2. The minimum atomic E-state index is -0.845. The van der Waals surface area contributed by atoms with Gasteiger partial charge in [0, 0.05) is 5.57 Å². The van der Waals surface area contributed by atoms with Crippen LogP contribution >= 0.6 is 0 Å². The van der Waals surface area contributed by atoms with Gasteiger partial charge in [-0.05, 0) is 20.3 Å². The first kappa shape index (κ1) is 14.6. The van der Waals surface area contributed by atoms with Crippen LogP contribution in [0.15, 0.2) is 11.6 Å². The van der Waals surface area contributed by atoms with E-state index in [4.69, 9.17) is 15.3 Å². The van der Waals surface area contributed by atoms with Crippen LogP contribution in [0.25, 0.3) is 0 Å². The second-order valence-corrected chi connectivity index (χ2v) is 2.52. The zero-order valence-corrected chi connectivity index (χ0v) is 8.32. The Morgan fingerprint density at radius 3 is 2.00 bits per heavy atom. The summed E-state index contributed by atoms with van der Waals surface area (Å²) in [5.41, 5.74) is 0.389. The van der Waals surface area contributed by atoms with Crippen molar-refractivity contribution in [2.45, 2.75) is 33.3 Å². The van der Waals surface area contributed by atoms with Crippen LogP contribution in [-0.4, -0.2) is 34.0 Å². The van der Waals surface area contributed by atoms with Gasteiger partial charge in [0.1, 0.15) is 0 Å². The van der Waals surface area contributed by atoms with Crippen LogP contribution in [-0.2, 0) is 4.79 Å². The Labute approximate surface area is 78.5 Å². The third-order valence-corrected chi connectivity index (χ3v) is 1.45. The number of rotatable bonds is 3. The Morgan fingerprint density at radius 2 is 2.00 bits per heavy atom. The van der Waals surface area contributed by atoms with E-state index in [1.54, 1.807) is 19.9 Å². The lowest BCUT2D eigenvalue weighted by Crippen LogP contribution is -2.08. The van der Waals surface area contributed by atoms with Crippen LogP contribution < -0.4 is 0 Å². The van der Waals surface area contributed by atoms with Crippen molar-refractivity contribution in [2.75, 3.05) is 6.61 Å². The SMILES string of the molecule is CC=C(C)C(=O)O.CCC(O)CO. The average Bonchev–Trinajstić information content (AvgIpc) is 2.16. The molecule has 0 heterocycles. The molecule has 0 fully saturated rings. The predicted octanol–water partition coefficient (Wildman–Crippen LogP) is 0.787. The van der Waals surface area contributed by atoms with Gasteiger partial charge in [0.05, 0.1) is 12.7 Å². The van der Waals surface area contributed by atoms with Crippen LogP contribution in [0.1, 0.15) is 27.2 Å². The monoisotopic (exact) mass is 190 g/mol. The molecule has 1 atom stereocenters. The summed E-state index contributed by atoms with van der Waals surface area (Å²) in [7, 11) is 0. The summed E-state index contributed by atoms with van der Waals surface area (Å²) in [6.45, 7) is 4.96. The molecule has 0 radical (unpaired) electrons. The Bertz CT molecular complexity index is 159. The van der Waals surface area contributed by atoms with E-state index in [1.165, 1.54) is 0 Å². The predicted molar refractivity (Wildman–Crippen MR) is 50.5 cm³/mol. The van der Waals surface area contributed by atoms with Gasteiger partial charge >= 0.3 is 5.97 Å². The van der Waals surface area contributed by atoms with Crippen molar-refractivity contribution in [3.05, 3.63) is 11.6 Å². The second-order valence-electron chi connectivity index (χ2n) is 2.52. The first-order valence-corrected chi connectivity index (χ1v) is 4.14. The van der Waals surface area contributed by atoms with E-state index in [0.29, 0.717) is 12.0 Å². The summed E-state index contributed by atoms with van der Waals surface area (Å²) in [5, 5.41) is 24.6. The molecule has 0 rings (SSSR count). The van der Waals surface area contributed by atoms with Crippen molar-refractivity contribution >= 4 is 5.97 Å². The number of carboxylic acids is 1. The fourth-order valence-electron chi connectivity index (χ4n) is 0.253. The normalized spacial score (nSPS) is 12.8. The number of hydrogen-bond acceptors (Lipinski definition) is 3. The van der Waals surface area contributed by atoms with E-state index >= 15 is 0 Å². The molecule has 0 aromatic rings. The zero-order chi connectivity index (χ0) is 10.9. The standard InChI is InChI=1S/C5H8O2.C4H10O2/c1-3-4(2)5(6)7;1-2-4(6)3-5/h3H,1-2H3,(H,6,7);4-6H,2-3H2,1H3. The minimum Gasteiger partial charge on any atom is -0.478 e. The molecule has 78 valence electrons. The van der Waals surface area contributed by atoms with Crippen LogP contribution in [0, 0.1) is 0 Å². The van der Waals surface area contributed by atoms with E-state index in [-0.39, 0.29) is 6.61 Å². The van der Waals surface area contributed by atoms with E-state index < -0.39 is 12.1 Å². The Kier molecular flexibility index (Phi) is 10.4. The molecule has 3 N–H and O–H groups in total. The summed E-state index contributed by atoms with van der Waals surface area (Å²) in [6.07, 6.45) is 1.68. The van der Waals surface area contributed by atoms with Crippen molar-refractivity contribution < 1.29 is 20.1 Å². The molecular formula is C9H18O4. The molecule has 0 amide bonds. The molecule has 0 aliphatic heterocycles. The lowest BCUT2D eigenvalue weighted by atomic mass is 10.3. The largest absolute Gasteiger partial charge is 0.478 e. The molecule has 0 spiro atoms. The van der Waals surface area contributed by atoms with Gasteiger partial charge < -0.3 is 15.3 Å². The number of hydrogen-bond donors (Lipinski definition) is 3. The first-order chi connectivity index (χ1) is 5.99. The number of carboxylic acid groups (broad SMARTS) is 1. The number of aliphatic hydroxyl groups is 2. The number of carbonyl (C=O) groups is 1. The fraction of sp³-hybridized carbons (Fsp3) is 0.667. The molecule has 1 unspecified atom stereocenters. The summed E-state index contributed by atoms with van der Waals surface area (Å²) < 4.78 is 0. The number of aliphatic carboxylic acids is 1. The van der Waals surface area contributed by atoms with Crippen molar-refractivity contribution in [1.29, 1.82) is 0 Å². The highest BCUT2D eigenvalue weighted by Crippen LogP contribution is 1.87. The quantitative estimate of drug-likeness (QED) is 0.575. The average molecular weight is 190 g/mol. The van der Waals surface area contributed by atoms with Gasteiger partial charge in [-0.25, -0.2) is 4.79 Å². The maximum absolute atomic E-state index is 9.86. The molecule has 13 heavy (non-hydrogen) atoms. The molecule has 0 aliphatic rings. The van der Waals surface area contributed by atoms with Gasteiger partial charge in [0.15, 0.2) is 0 Å². The highest BCUT2D eigenvalue weighted by Gasteiger charge is 1.93. The molecule has 0 bridgehead atoms. The van der Waals surface area contributed by atoms with Gasteiger partial charge in [-0.15, -0.1) is 0 Å². The number of allylic oxidation sites excluding steroid dienone is 1. The molecule has 0 saturated carbocycles. The lowest BCUT2D eigenvalue weighted by molar-refractivity contribution is -0.132. The van der Waals surface area contributed by atoms with Crippen molar-refractivity contribution in [1.82, 2.24) is 0 Å². The van der Waals surface area contributed by atoms with E-state index in [2.05, 4.69) is 0 Å². The molecule has 4 heteroatoms. The summed E-state index contributed by atoms with van der Waals surface area (Å²) in [5.74, 6) is -0.845. The topological polar surface area (TPSA) is 77.8 Å². The van der Waals surface area contributed by atoms with Crippen molar-refractivity contribution in [3.63, 3.8) is 0 Å². The third-order valence-electron chi connectivity index (χ3n) is 1.45. The molecule has 0 aromatic heterocycles. The van der Waals surface area contributed by atoms with Crippen LogP contribution in [0.2, 0.25) is 0 Å². The van der Waals surface area contributed by atoms with Crippen molar-refractivity contribution in [3.8, 4) is 0 Å². The van der Waals surface area contributed by atoms with Gasteiger partial charge in [0.25, 0.3) is 0 Å². The van der Waals surface area contributed by atoms with E-state index in [0.717, 1.165) is 0 Å². The van der Waals surface area contributed by atoms with Crippen LogP contribution in [0.5, 0.6) is 0 Å². The smallest absolute Gasteiger partial charge is 0.330 e. The third kappa shape index (κ3) is 11.1. The molecule has 0 aromatic carbocycles. The fourth-order valence-corrected chi connectivity index (χ4v) is 0.253. The van der Waals surface area contributed by atoms with Gasteiger partial charge in [-0.1, -0.05) is 13.0 Å². The summed E-state index contributed by atoms with van der Waals surface area (Å²) in [4.78, 5) is 9.86. The molecule has 4 nitrogen and oxygen atoms in total. The highest BCUT2D eigenvalue weighted by atomic mass is 16.4. The van der Waals surface area contributed by atoms with E-state index in [1.807, 2.05) is 6.92 Å². The zero-order valence-electron chi connectivity index (χ0n) is 8.32. The van der Waals surface area contributed by atoms with Crippen LogP contribution in [0.4, 0.5) is 0 Å². The summed E-state index contributed by atoms with van der Waals surface area (Å²) >= 11 is 0. The Hall–Kier alpha value is -0.870. The van der Waals surface area contributed by atoms with Gasteiger partial charge in [-0.2, -0.15) is 0 Å². The molecule has 0 saturated heterocycles. The van der Waals surface area contributed by atoms with Crippen molar-refractivity contribution in [2.24, 2.45) is 0 Å². The Morgan fingerprint density at radius 1 is 1.54 bits per heavy atom. The lowest BCUT2D eigenvalue weighted by Gasteiger charge is -1.97. The second kappa shape index (κ2) is 9.22. The maximum atomic E-state index is 9.86. The van der Waals surface area contributed by atoms with Gasteiger partial charge in [0.2, 0.25) is 0 Å². The van der Waals surface area contributed by atoms with Crippen LogP contribution in [0.3, 0.4) is 0 Å². The maximum Gasteiger partial charge on any atom is 0.330 e. The molecule has 0 aliphatic carbocycles. The highest BCUT2D eigenvalue weighted by molar-refractivity contribution is 5.85.